The second-order valence-electron chi connectivity index (χ2n) is 8.18. The third-order valence-electron chi connectivity index (χ3n) is 5.59. The molecule has 1 spiro atoms. The molecule has 2 saturated heterocycles. The highest BCUT2D eigenvalue weighted by molar-refractivity contribution is 5.85. The number of carbonyl (C=O) groups is 2. The van der Waals surface area contributed by atoms with Gasteiger partial charge in [0.25, 0.3) is 0 Å². The van der Waals surface area contributed by atoms with Crippen molar-refractivity contribution in [1.82, 2.24) is 15.1 Å². The van der Waals surface area contributed by atoms with E-state index in [2.05, 4.69) is 5.32 Å². The topological polar surface area (TPSA) is 52.7 Å². The van der Waals surface area contributed by atoms with E-state index in [0.717, 1.165) is 4.90 Å². The smallest absolute Gasteiger partial charge is 0.334 e. The molecule has 1 aliphatic carbocycles. The molecule has 0 aromatic heterocycles. The van der Waals surface area contributed by atoms with Crippen LogP contribution in [0.4, 0.5) is 17.6 Å². The number of piperazine rings is 1. The van der Waals surface area contributed by atoms with Gasteiger partial charge in [0, 0.05) is 32.1 Å². The van der Waals surface area contributed by atoms with Gasteiger partial charge in [0.15, 0.2) is 0 Å². The zero-order chi connectivity index (χ0) is 19.3. The fourth-order valence-corrected chi connectivity index (χ4v) is 4.14. The molecule has 0 radical (unpaired) electrons. The summed E-state index contributed by atoms with van der Waals surface area (Å²) in [5, 5.41) is 2.86. The number of amides is 2. The van der Waals surface area contributed by atoms with E-state index in [4.69, 9.17) is 0 Å². The van der Waals surface area contributed by atoms with E-state index in [1.54, 1.807) is 4.90 Å². The van der Waals surface area contributed by atoms with Crippen molar-refractivity contribution in [2.45, 2.75) is 69.5 Å². The highest BCUT2D eigenvalue weighted by Crippen LogP contribution is 2.47. The van der Waals surface area contributed by atoms with Gasteiger partial charge in [-0.2, -0.15) is 13.2 Å². The summed E-state index contributed by atoms with van der Waals surface area (Å²) in [7, 11) is 0. The molecule has 148 valence electrons. The van der Waals surface area contributed by atoms with Crippen molar-refractivity contribution in [1.29, 1.82) is 0 Å². The third-order valence-corrected chi connectivity index (χ3v) is 5.59. The van der Waals surface area contributed by atoms with Crippen LogP contribution in [0.1, 0.15) is 39.5 Å². The number of hydrogen-bond acceptors (Lipinski definition) is 3. The number of nitrogens with one attached hydrogen (secondary N) is 1. The van der Waals surface area contributed by atoms with Crippen LogP contribution in [0.25, 0.3) is 0 Å². The van der Waals surface area contributed by atoms with Crippen molar-refractivity contribution in [2.75, 3.05) is 19.6 Å². The predicted octanol–water partition coefficient (Wildman–Crippen LogP) is 1.87. The van der Waals surface area contributed by atoms with E-state index in [0.29, 0.717) is 19.3 Å². The summed E-state index contributed by atoms with van der Waals surface area (Å²) < 4.78 is 52.5. The largest absolute Gasteiger partial charge is 0.471 e. The van der Waals surface area contributed by atoms with Gasteiger partial charge < -0.3 is 15.1 Å². The summed E-state index contributed by atoms with van der Waals surface area (Å²) in [5.74, 6) is -1.93. The molecular formula is C17H25F4N3O2. The normalized spacial score (nSPS) is 31.0. The summed E-state index contributed by atoms with van der Waals surface area (Å²) in [5.41, 5.74) is -0.913. The fourth-order valence-electron chi connectivity index (χ4n) is 4.14. The van der Waals surface area contributed by atoms with Crippen molar-refractivity contribution in [3.63, 3.8) is 0 Å². The van der Waals surface area contributed by atoms with Crippen LogP contribution in [0.5, 0.6) is 0 Å². The summed E-state index contributed by atoms with van der Waals surface area (Å²) in [6.45, 7) is 3.94. The van der Waals surface area contributed by atoms with Gasteiger partial charge in [-0.05, 0) is 25.2 Å². The van der Waals surface area contributed by atoms with Gasteiger partial charge in [-0.25, -0.2) is 4.39 Å². The maximum absolute atomic E-state index is 13.5. The van der Waals surface area contributed by atoms with Crippen LogP contribution in [0.15, 0.2) is 0 Å². The lowest BCUT2D eigenvalue weighted by molar-refractivity contribution is -0.193. The molecule has 2 heterocycles. The van der Waals surface area contributed by atoms with Crippen LogP contribution in [0, 0.1) is 5.92 Å². The van der Waals surface area contributed by atoms with Gasteiger partial charge in [-0.3, -0.25) is 9.59 Å². The first-order valence-corrected chi connectivity index (χ1v) is 9.10. The summed E-state index contributed by atoms with van der Waals surface area (Å²) in [4.78, 5) is 27.4. The monoisotopic (exact) mass is 379 g/mol. The highest BCUT2D eigenvalue weighted by atomic mass is 19.4. The van der Waals surface area contributed by atoms with Gasteiger partial charge >= 0.3 is 12.1 Å². The zero-order valence-corrected chi connectivity index (χ0v) is 15.0. The van der Waals surface area contributed by atoms with Gasteiger partial charge in [-0.15, -0.1) is 0 Å². The molecule has 0 bridgehead atoms. The van der Waals surface area contributed by atoms with Crippen LogP contribution in [0.3, 0.4) is 0 Å². The summed E-state index contributed by atoms with van der Waals surface area (Å²) >= 11 is 0. The van der Waals surface area contributed by atoms with Gasteiger partial charge in [-0.1, -0.05) is 13.8 Å². The fraction of sp³-hybridized carbons (Fsp3) is 0.882. The lowest BCUT2D eigenvalue weighted by atomic mass is 9.95. The number of carbonyl (C=O) groups excluding carboxylic acids is 2. The minimum Gasteiger partial charge on any atom is -0.334 e. The Hall–Kier alpha value is -1.38. The van der Waals surface area contributed by atoms with Crippen molar-refractivity contribution in [2.24, 2.45) is 5.92 Å². The Balaban J connectivity index is 1.82. The Morgan fingerprint density at radius 3 is 2.38 bits per heavy atom. The SMILES string of the molecule is CC(C)C[C@@H]1CN(C(=O)C(F)(F)F)C2(CC2)CN1C(=O)[C@@H]1C[C@@H](F)CN1. The lowest BCUT2D eigenvalue weighted by Gasteiger charge is -2.48. The van der Waals surface area contributed by atoms with Crippen molar-refractivity contribution in [3.8, 4) is 0 Å². The molecule has 3 rings (SSSR count). The Kier molecular flexibility index (Phi) is 4.96. The van der Waals surface area contributed by atoms with E-state index in [-0.39, 0.29) is 37.9 Å². The van der Waals surface area contributed by atoms with E-state index in [1.807, 2.05) is 13.8 Å². The number of rotatable bonds is 3. The Morgan fingerprint density at radius 2 is 1.92 bits per heavy atom. The van der Waals surface area contributed by atoms with Gasteiger partial charge in [0.2, 0.25) is 5.91 Å². The molecule has 9 heteroatoms. The number of nitrogens with zero attached hydrogens (tertiary/aromatic N) is 2. The number of hydrogen-bond donors (Lipinski definition) is 1. The minimum absolute atomic E-state index is 0.0852. The van der Waals surface area contributed by atoms with Crippen LogP contribution in [-0.2, 0) is 9.59 Å². The first kappa shape index (κ1) is 19.4. The Morgan fingerprint density at radius 1 is 1.27 bits per heavy atom. The van der Waals surface area contributed by atoms with E-state index in [1.165, 1.54) is 0 Å². The first-order valence-electron chi connectivity index (χ1n) is 9.10. The molecule has 3 aliphatic rings. The molecule has 2 aliphatic heterocycles. The predicted molar refractivity (Wildman–Crippen MR) is 86.0 cm³/mol. The van der Waals surface area contributed by atoms with Gasteiger partial charge in [0.05, 0.1) is 11.6 Å². The summed E-state index contributed by atoms with van der Waals surface area (Å²) in [6, 6.07) is -1.12. The Bertz CT molecular complexity index is 577. The van der Waals surface area contributed by atoms with E-state index >= 15 is 0 Å². The molecule has 0 aromatic rings. The molecule has 0 unspecified atom stereocenters. The third kappa shape index (κ3) is 3.68. The molecule has 1 N–H and O–H groups in total. The maximum atomic E-state index is 13.5. The quantitative estimate of drug-likeness (QED) is 0.762. The first-order chi connectivity index (χ1) is 12.0. The zero-order valence-electron chi connectivity index (χ0n) is 15.0. The van der Waals surface area contributed by atoms with Crippen molar-refractivity contribution in [3.05, 3.63) is 0 Å². The minimum atomic E-state index is -4.92. The Labute approximate surface area is 150 Å². The maximum Gasteiger partial charge on any atom is 0.471 e. The van der Waals surface area contributed by atoms with Crippen molar-refractivity contribution >= 4 is 11.8 Å². The van der Waals surface area contributed by atoms with Crippen molar-refractivity contribution < 1.29 is 27.2 Å². The van der Waals surface area contributed by atoms with Crippen LogP contribution >= 0.6 is 0 Å². The molecule has 5 nitrogen and oxygen atoms in total. The van der Waals surface area contributed by atoms with E-state index in [9.17, 15) is 27.2 Å². The van der Waals surface area contributed by atoms with Crippen LogP contribution in [-0.4, -0.2) is 71.2 Å². The standard InChI is InChI=1S/C17H25F4N3O2/c1-10(2)5-12-8-24(15(26)17(19,20)21)16(3-4-16)9-23(12)14(25)13-6-11(18)7-22-13/h10-13,22H,3-9H2,1-2H3/t11-,12-,13+/m1/s1. The molecule has 1 saturated carbocycles. The van der Waals surface area contributed by atoms with Crippen LogP contribution < -0.4 is 5.32 Å². The summed E-state index contributed by atoms with van der Waals surface area (Å²) in [6.07, 6.45) is -4.51. The second kappa shape index (κ2) is 6.65. The molecule has 0 aromatic carbocycles. The average Bonchev–Trinajstić information content (AvgIpc) is 3.17. The molecule has 2 amide bonds. The number of halogens is 4. The molecule has 3 atom stereocenters. The van der Waals surface area contributed by atoms with Crippen LogP contribution in [0.2, 0.25) is 0 Å². The lowest BCUT2D eigenvalue weighted by Crippen LogP contribution is -2.66. The molecule has 26 heavy (non-hydrogen) atoms. The van der Waals surface area contributed by atoms with Gasteiger partial charge in [0.1, 0.15) is 6.17 Å². The molecular weight excluding hydrogens is 354 g/mol. The highest BCUT2D eigenvalue weighted by Gasteiger charge is 2.60. The van der Waals surface area contributed by atoms with E-state index < -0.39 is 35.9 Å². The molecule has 3 fully saturated rings. The average molecular weight is 379 g/mol. The second-order valence-corrected chi connectivity index (χ2v) is 8.18. The number of alkyl halides is 4.